The van der Waals surface area contributed by atoms with Gasteiger partial charge < -0.3 is 4.90 Å². The number of hydrogen-bond donors (Lipinski definition) is 0. The van der Waals surface area contributed by atoms with E-state index in [4.69, 9.17) is 0 Å². The molecular formula is C9H13F2NO. The lowest BCUT2D eigenvalue weighted by Gasteiger charge is -2.15. The summed E-state index contributed by atoms with van der Waals surface area (Å²) < 4.78 is 24.0. The molecule has 1 aliphatic rings. The second-order valence-electron chi connectivity index (χ2n) is 3.42. The Balaban J connectivity index is 2.50. The van der Waals surface area contributed by atoms with Gasteiger partial charge in [-0.25, -0.2) is 0 Å². The molecule has 0 spiro atoms. The highest BCUT2D eigenvalue weighted by Gasteiger charge is 2.30. The van der Waals surface area contributed by atoms with E-state index >= 15 is 0 Å². The van der Waals surface area contributed by atoms with Crippen molar-refractivity contribution in [1.29, 1.82) is 0 Å². The number of halogens is 2. The Labute approximate surface area is 76.2 Å². The molecule has 1 fully saturated rings. The summed E-state index contributed by atoms with van der Waals surface area (Å²) in [4.78, 5) is 12.1. The van der Waals surface area contributed by atoms with Crippen LogP contribution in [-0.2, 0) is 4.79 Å². The van der Waals surface area contributed by atoms with E-state index in [-0.39, 0.29) is 5.92 Å². The molecule has 1 unspecified atom stereocenters. The van der Waals surface area contributed by atoms with Crippen LogP contribution in [0.5, 0.6) is 0 Å². The van der Waals surface area contributed by atoms with Gasteiger partial charge in [0, 0.05) is 13.1 Å². The number of amides is 1. The van der Waals surface area contributed by atoms with Crippen molar-refractivity contribution in [3.8, 4) is 0 Å². The number of carbonyl (C=O) groups excluding carboxylic acids is 1. The van der Waals surface area contributed by atoms with Crippen LogP contribution in [0.1, 0.15) is 13.3 Å². The van der Waals surface area contributed by atoms with E-state index in [9.17, 15) is 13.6 Å². The molecule has 0 saturated carbocycles. The quantitative estimate of drug-likeness (QED) is 0.605. The van der Waals surface area contributed by atoms with Gasteiger partial charge >= 0.3 is 6.43 Å². The van der Waals surface area contributed by atoms with Gasteiger partial charge in [-0.15, -0.1) is 0 Å². The van der Waals surface area contributed by atoms with Crippen molar-refractivity contribution in [3.63, 3.8) is 0 Å². The van der Waals surface area contributed by atoms with E-state index < -0.39 is 12.3 Å². The lowest BCUT2D eigenvalue weighted by atomic mass is 10.0. The highest BCUT2D eigenvalue weighted by atomic mass is 19.3. The fourth-order valence-corrected chi connectivity index (χ4v) is 1.50. The molecule has 0 N–H and O–H groups in total. The zero-order chi connectivity index (χ0) is 10.0. The number of likely N-dealkylation sites (tertiary alicyclic amines) is 1. The molecule has 0 bridgehead atoms. The van der Waals surface area contributed by atoms with Crippen LogP contribution < -0.4 is 0 Å². The Morgan fingerprint density at radius 2 is 2.23 bits per heavy atom. The number of nitrogens with zero attached hydrogens (tertiary/aromatic N) is 1. The van der Waals surface area contributed by atoms with Gasteiger partial charge in [-0.1, -0.05) is 12.2 Å². The summed E-state index contributed by atoms with van der Waals surface area (Å²) in [6.45, 7) is 6.44. The van der Waals surface area contributed by atoms with E-state index in [1.54, 1.807) is 0 Å². The van der Waals surface area contributed by atoms with E-state index in [1.165, 1.54) is 4.90 Å². The van der Waals surface area contributed by atoms with Crippen LogP contribution >= 0.6 is 0 Å². The van der Waals surface area contributed by atoms with Crippen molar-refractivity contribution in [2.24, 2.45) is 5.92 Å². The van der Waals surface area contributed by atoms with Gasteiger partial charge in [-0.2, -0.15) is 8.78 Å². The van der Waals surface area contributed by atoms with Gasteiger partial charge in [-0.3, -0.25) is 4.79 Å². The Bertz CT molecular complexity index is 228. The third-order valence-electron chi connectivity index (χ3n) is 2.38. The van der Waals surface area contributed by atoms with E-state index in [2.05, 4.69) is 6.58 Å². The maximum atomic E-state index is 12.0. The Kier molecular flexibility index (Phi) is 3.01. The van der Waals surface area contributed by atoms with Crippen molar-refractivity contribution in [2.45, 2.75) is 19.8 Å². The minimum atomic E-state index is -2.87. The second kappa shape index (κ2) is 3.85. The fraction of sp³-hybridized carbons (Fsp3) is 0.667. The van der Waals surface area contributed by atoms with Gasteiger partial charge in [0.05, 0.1) is 0 Å². The SMILES string of the molecule is C=C(C)C1CCN(C(=O)C(F)F)C1. The minimum Gasteiger partial charge on any atom is -0.337 e. The molecule has 0 aromatic carbocycles. The first kappa shape index (κ1) is 10.2. The Hall–Kier alpha value is -0.930. The van der Waals surface area contributed by atoms with Crippen LogP contribution in [0.15, 0.2) is 12.2 Å². The van der Waals surface area contributed by atoms with E-state index in [1.807, 2.05) is 6.92 Å². The molecule has 1 aliphatic heterocycles. The molecular weight excluding hydrogens is 176 g/mol. The molecule has 4 heteroatoms. The van der Waals surface area contributed by atoms with Gasteiger partial charge in [0.15, 0.2) is 0 Å². The molecule has 1 rings (SSSR count). The first-order chi connectivity index (χ1) is 6.02. The number of hydrogen-bond acceptors (Lipinski definition) is 1. The predicted octanol–water partition coefficient (Wildman–Crippen LogP) is 1.68. The molecule has 1 saturated heterocycles. The summed E-state index contributed by atoms with van der Waals surface area (Å²) in [7, 11) is 0. The summed E-state index contributed by atoms with van der Waals surface area (Å²) in [5.74, 6) is -0.855. The first-order valence-electron chi connectivity index (χ1n) is 4.24. The highest BCUT2D eigenvalue weighted by Crippen LogP contribution is 2.23. The van der Waals surface area contributed by atoms with Crippen LogP contribution in [0, 0.1) is 5.92 Å². The standard InChI is InChI=1S/C9H13F2NO/c1-6(2)7-3-4-12(5-7)9(13)8(10)11/h7-8H,1,3-5H2,2H3. The Morgan fingerprint density at radius 1 is 1.62 bits per heavy atom. The minimum absolute atomic E-state index is 0.197. The lowest BCUT2D eigenvalue weighted by Crippen LogP contribution is -2.33. The van der Waals surface area contributed by atoms with Crippen molar-refractivity contribution in [1.82, 2.24) is 4.90 Å². The zero-order valence-electron chi connectivity index (χ0n) is 7.59. The molecule has 0 aromatic rings. The topological polar surface area (TPSA) is 20.3 Å². The number of rotatable bonds is 2. The summed E-state index contributed by atoms with van der Waals surface area (Å²) in [5.41, 5.74) is 0.963. The molecule has 13 heavy (non-hydrogen) atoms. The van der Waals surface area contributed by atoms with E-state index in [0.717, 1.165) is 12.0 Å². The Morgan fingerprint density at radius 3 is 2.62 bits per heavy atom. The van der Waals surface area contributed by atoms with Crippen LogP contribution in [0.25, 0.3) is 0 Å². The molecule has 1 heterocycles. The smallest absolute Gasteiger partial charge is 0.315 e. The second-order valence-corrected chi connectivity index (χ2v) is 3.42. The van der Waals surface area contributed by atoms with Crippen LogP contribution in [0.2, 0.25) is 0 Å². The molecule has 0 radical (unpaired) electrons. The van der Waals surface area contributed by atoms with Crippen molar-refractivity contribution < 1.29 is 13.6 Å². The summed E-state index contributed by atoms with van der Waals surface area (Å²) >= 11 is 0. The van der Waals surface area contributed by atoms with Gasteiger partial charge in [0.2, 0.25) is 0 Å². The van der Waals surface area contributed by atoms with Crippen molar-refractivity contribution >= 4 is 5.91 Å². The van der Waals surface area contributed by atoms with Gasteiger partial charge in [-0.05, 0) is 19.3 Å². The molecule has 2 nitrogen and oxygen atoms in total. The maximum absolute atomic E-state index is 12.0. The average Bonchev–Trinajstić information content (AvgIpc) is 2.50. The van der Waals surface area contributed by atoms with Crippen LogP contribution in [0.4, 0.5) is 8.78 Å². The summed E-state index contributed by atoms with van der Waals surface area (Å²) in [5, 5.41) is 0. The molecule has 0 aromatic heterocycles. The number of carbonyl (C=O) groups is 1. The summed E-state index contributed by atoms with van der Waals surface area (Å²) in [6.07, 6.45) is -2.11. The monoisotopic (exact) mass is 189 g/mol. The molecule has 0 aliphatic carbocycles. The predicted molar refractivity (Wildman–Crippen MR) is 45.5 cm³/mol. The molecule has 74 valence electrons. The third-order valence-corrected chi connectivity index (χ3v) is 2.38. The van der Waals surface area contributed by atoms with Crippen molar-refractivity contribution in [2.75, 3.05) is 13.1 Å². The van der Waals surface area contributed by atoms with Crippen molar-refractivity contribution in [3.05, 3.63) is 12.2 Å². The summed E-state index contributed by atoms with van der Waals surface area (Å²) in [6, 6.07) is 0. The third kappa shape index (κ3) is 2.26. The normalized spacial score (nSPS) is 22.5. The largest absolute Gasteiger partial charge is 0.337 e. The lowest BCUT2D eigenvalue weighted by molar-refractivity contribution is -0.141. The molecule has 1 amide bonds. The highest BCUT2D eigenvalue weighted by molar-refractivity contribution is 5.79. The number of alkyl halides is 2. The van der Waals surface area contributed by atoms with Crippen LogP contribution in [0.3, 0.4) is 0 Å². The average molecular weight is 189 g/mol. The molecule has 1 atom stereocenters. The maximum Gasteiger partial charge on any atom is 0.315 e. The fourth-order valence-electron chi connectivity index (χ4n) is 1.50. The van der Waals surface area contributed by atoms with Gasteiger partial charge in [0.1, 0.15) is 0 Å². The zero-order valence-corrected chi connectivity index (χ0v) is 7.59. The first-order valence-corrected chi connectivity index (χ1v) is 4.24. The van der Waals surface area contributed by atoms with Crippen LogP contribution in [-0.4, -0.2) is 30.3 Å². The van der Waals surface area contributed by atoms with E-state index in [0.29, 0.717) is 13.1 Å². The van der Waals surface area contributed by atoms with Gasteiger partial charge in [0.25, 0.3) is 5.91 Å².